The van der Waals surface area contributed by atoms with Gasteiger partial charge in [-0.15, -0.1) is 11.3 Å². The number of carbonyl (C=O) groups excluding carboxylic acids is 1. The van der Waals surface area contributed by atoms with Gasteiger partial charge in [0.25, 0.3) is 5.91 Å². The normalized spacial score (nSPS) is 10.4. The fourth-order valence-corrected chi connectivity index (χ4v) is 3.21. The minimum Gasteiger partial charge on any atom is -0.508 e. The lowest BCUT2D eigenvalue weighted by molar-refractivity contribution is 0.102. The van der Waals surface area contributed by atoms with Crippen molar-refractivity contribution < 1.29 is 19.4 Å². The predicted molar refractivity (Wildman–Crippen MR) is 106 cm³/mol. The Morgan fingerprint density at radius 3 is 2.63 bits per heavy atom. The molecule has 0 radical (unpaired) electrons. The monoisotopic (exact) mass is 384 g/mol. The largest absolute Gasteiger partial charge is 0.508 e. The van der Waals surface area contributed by atoms with Crippen LogP contribution < -0.4 is 14.8 Å². The maximum absolute atomic E-state index is 12.6. The quantitative estimate of drug-likeness (QED) is 0.624. The highest BCUT2D eigenvalue weighted by Gasteiger charge is 2.14. The van der Waals surface area contributed by atoms with Crippen LogP contribution in [0.2, 0.25) is 0 Å². The van der Waals surface area contributed by atoms with Crippen LogP contribution in [-0.2, 0) is 0 Å². The fourth-order valence-electron chi connectivity index (χ4n) is 2.49. The van der Waals surface area contributed by atoms with Gasteiger partial charge in [-0.3, -0.25) is 10.1 Å². The van der Waals surface area contributed by atoms with Gasteiger partial charge in [-0.25, -0.2) is 4.98 Å². The summed E-state index contributed by atoms with van der Waals surface area (Å²) in [5.74, 6) is 1.03. The molecule has 140 valence electrons. The minimum absolute atomic E-state index is 0.170. The Bertz CT molecular complexity index is 939. The van der Waals surface area contributed by atoms with Crippen molar-refractivity contribution in [3.05, 3.63) is 53.4 Å². The number of nitrogens with zero attached hydrogens (tertiary/aromatic N) is 1. The number of nitrogens with one attached hydrogen (secondary N) is 1. The molecule has 0 fully saturated rings. The first kappa shape index (κ1) is 18.7. The van der Waals surface area contributed by atoms with Gasteiger partial charge in [-0.05, 0) is 44.2 Å². The molecule has 3 aromatic rings. The van der Waals surface area contributed by atoms with Crippen molar-refractivity contribution in [2.24, 2.45) is 0 Å². The van der Waals surface area contributed by atoms with Gasteiger partial charge in [-0.1, -0.05) is 12.1 Å². The number of hydrogen-bond acceptors (Lipinski definition) is 6. The Balaban J connectivity index is 1.76. The third-order valence-electron chi connectivity index (χ3n) is 3.67. The first-order valence-corrected chi connectivity index (χ1v) is 9.44. The molecule has 0 aliphatic carbocycles. The van der Waals surface area contributed by atoms with E-state index in [2.05, 4.69) is 10.3 Å². The number of aromatic nitrogens is 1. The number of ether oxygens (including phenoxy) is 2. The second-order valence-electron chi connectivity index (χ2n) is 5.57. The Morgan fingerprint density at radius 1 is 1.11 bits per heavy atom. The summed E-state index contributed by atoms with van der Waals surface area (Å²) < 4.78 is 11.1. The highest BCUT2D eigenvalue weighted by atomic mass is 32.1. The molecule has 0 bridgehead atoms. The van der Waals surface area contributed by atoms with Crippen LogP contribution >= 0.6 is 11.3 Å². The summed E-state index contributed by atoms with van der Waals surface area (Å²) in [6, 6.07) is 11.9. The van der Waals surface area contributed by atoms with E-state index in [0.717, 1.165) is 5.56 Å². The van der Waals surface area contributed by atoms with Gasteiger partial charge >= 0.3 is 0 Å². The lowest BCUT2D eigenvalue weighted by Crippen LogP contribution is -2.12. The van der Waals surface area contributed by atoms with E-state index in [-0.39, 0.29) is 11.7 Å². The van der Waals surface area contributed by atoms with Crippen LogP contribution in [0.1, 0.15) is 24.2 Å². The van der Waals surface area contributed by atoms with E-state index >= 15 is 0 Å². The molecule has 0 saturated carbocycles. The van der Waals surface area contributed by atoms with Crippen LogP contribution in [0.3, 0.4) is 0 Å². The number of amides is 1. The first-order valence-electron chi connectivity index (χ1n) is 8.56. The van der Waals surface area contributed by atoms with E-state index in [1.165, 1.54) is 11.3 Å². The molecule has 0 aliphatic heterocycles. The van der Waals surface area contributed by atoms with Crippen LogP contribution in [0.4, 0.5) is 5.13 Å². The van der Waals surface area contributed by atoms with E-state index in [9.17, 15) is 9.90 Å². The molecule has 1 heterocycles. The summed E-state index contributed by atoms with van der Waals surface area (Å²) in [6.45, 7) is 4.76. The molecule has 1 amide bonds. The number of phenolic OH excluding ortho intramolecular Hbond substituents is 1. The molecular weight excluding hydrogens is 364 g/mol. The van der Waals surface area contributed by atoms with Crippen LogP contribution in [0.5, 0.6) is 17.2 Å². The molecule has 1 aromatic heterocycles. The zero-order valence-electron chi connectivity index (χ0n) is 15.1. The van der Waals surface area contributed by atoms with Crippen LogP contribution in [0, 0.1) is 0 Å². The summed E-state index contributed by atoms with van der Waals surface area (Å²) in [5, 5.41) is 14.7. The minimum atomic E-state index is -0.282. The number of carbonyl (C=O) groups is 1. The molecule has 2 aromatic carbocycles. The second kappa shape index (κ2) is 8.55. The molecule has 0 saturated heterocycles. The average molecular weight is 384 g/mol. The molecule has 0 spiro atoms. The molecule has 27 heavy (non-hydrogen) atoms. The van der Waals surface area contributed by atoms with Gasteiger partial charge in [0.05, 0.1) is 18.9 Å². The molecule has 2 N–H and O–H groups in total. The summed E-state index contributed by atoms with van der Waals surface area (Å²) in [7, 11) is 0. The van der Waals surface area contributed by atoms with Gasteiger partial charge in [-0.2, -0.15) is 0 Å². The number of phenols is 1. The number of hydrogen-bond donors (Lipinski definition) is 2. The standard InChI is InChI=1S/C20H20N2O4S/c1-3-25-17-9-8-14(11-18(17)26-4-2)19(24)22-20-21-16(12-27-20)13-6-5-7-15(23)10-13/h5-12,23H,3-4H2,1-2H3,(H,21,22,24). The SMILES string of the molecule is CCOc1ccc(C(=O)Nc2nc(-c3cccc(O)c3)cs2)cc1OCC. The number of thiazole rings is 1. The second-order valence-corrected chi connectivity index (χ2v) is 6.43. The maximum atomic E-state index is 12.6. The summed E-state index contributed by atoms with van der Waals surface area (Å²) >= 11 is 1.32. The molecule has 0 aliphatic rings. The molecule has 6 nitrogen and oxygen atoms in total. The zero-order valence-corrected chi connectivity index (χ0v) is 15.9. The van der Waals surface area contributed by atoms with E-state index in [0.29, 0.717) is 41.1 Å². The average Bonchev–Trinajstić information content (AvgIpc) is 3.12. The van der Waals surface area contributed by atoms with Gasteiger partial charge in [0.2, 0.25) is 0 Å². The van der Waals surface area contributed by atoms with E-state index in [4.69, 9.17) is 9.47 Å². The molecule has 0 unspecified atom stereocenters. The molecular formula is C20H20N2O4S. The van der Waals surface area contributed by atoms with Crippen LogP contribution in [0.25, 0.3) is 11.3 Å². The Morgan fingerprint density at radius 2 is 1.89 bits per heavy atom. The zero-order chi connectivity index (χ0) is 19.2. The Kier molecular flexibility index (Phi) is 5.93. The number of anilines is 1. The highest BCUT2D eigenvalue weighted by molar-refractivity contribution is 7.14. The van der Waals surface area contributed by atoms with Gasteiger partial charge in [0, 0.05) is 16.5 Å². The van der Waals surface area contributed by atoms with Crippen molar-refractivity contribution >= 4 is 22.4 Å². The Labute approximate surface area is 161 Å². The third-order valence-corrected chi connectivity index (χ3v) is 4.43. The molecule has 0 atom stereocenters. The molecule has 3 rings (SSSR count). The van der Waals surface area contributed by atoms with E-state index in [1.807, 2.05) is 25.3 Å². The van der Waals surface area contributed by atoms with Crippen molar-refractivity contribution in [1.29, 1.82) is 0 Å². The number of aromatic hydroxyl groups is 1. The fraction of sp³-hybridized carbons (Fsp3) is 0.200. The lowest BCUT2D eigenvalue weighted by Gasteiger charge is -2.12. The molecule has 7 heteroatoms. The summed E-state index contributed by atoms with van der Waals surface area (Å²) in [6.07, 6.45) is 0. The van der Waals surface area contributed by atoms with Gasteiger partial charge in [0.1, 0.15) is 5.75 Å². The number of benzene rings is 2. The first-order chi connectivity index (χ1) is 13.1. The topological polar surface area (TPSA) is 80.7 Å². The van der Waals surface area contributed by atoms with Crippen molar-refractivity contribution in [3.63, 3.8) is 0 Å². The van der Waals surface area contributed by atoms with Crippen molar-refractivity contribution in [1.82, 2.24) is 4.98 Å². The van der Waals surface area contributed by atoms with Gasteiger partial charge in [0.15, 0.2) is 16.6 Å². The predicted octanol–water partition coefficient (Wildman–Crippen LogP) is 4.57. The third kappa shape index (κ3) is 4.57. The van der Waals surface area contributed by atoms with Gasteiger partial charge < -0.3 is 14.6 Å². The summed E-state index contributed by atoms with van der Waals surface area (Å²) in [5.41, 5.74) is 1.93. The smallest absolute Gasteiger partial charge is 0.257 e. The summed E-state index contributed by atoms with van der Waals surface area (Å²) in [4.78, 5) is 17.0. The van der Waals surface area contributed by atoms with E-state index in [1.54, 1.807) is 36.4 Å². The van der Waals surface area contributed by atoms with Crippen LogP contribution in [-0.4, -0.2) is 29.2 Å². The number of rotatable bonds is 7. The highest BCUT2D eigenvalue weighted by Crippen LogP contribution is 2.30. The maximum Gasteiger partial charge on any atom is 0.257 e. The van der Waals surface area contributed by atoms with Crippen molar-refractivity contribution in [2.45, 2.75) is 13.8 Å². The van der Waals surface area contributed by atoms with Crippen molar-refractivity contribution in [2.75, 3.05) is 18.5 Å². The van der Waals surface area contributed by atoms with Crippen molar-refractivity contribution in [3.8, 4) is 28.5 Å². The Hall–Kier alpha value is -3.06. The van der Waals surface area contributed by atoms with Crippen LogP contribution in [0.15, 0.2) is 47.8 Å². The van der Waals surface area contributed by atoms with E-state index < -0.39 is 0 Å². The lowest BCUT2D eigenvalue weighted by atomic mass is 10.2.